The highest BCUT2D eigenvalue weighted by Gasteiger charge is 2.08. The van der Waals surface area contributed by atoms with Crippen molar-refractivity contribution in [1.82, 2.24) is 24.4 Å². The first kappa shape index (κ1) is 10.5. The van der Waals surface area contributed by atoms with Gasteiger partial charge in [0.2, 0.25) is 0 Å². The predicted molar refractivity (Wildman–Crippen MR) is 63.4 cm³/mol. The minimum absolute atomic E-state index is 0.226. The topological polar surface area (TPSA) is 85.0 Å². The zero-order valence-corrected chi connectivity index (χ0v) is 9.49. The van der Waals surface area contributed by atoms with Crippen LogP contribution in [0.3, 0.4) is 0 Å². The fraction of sp³-hybridized carbons (Fsp3) is 0.0909. The third-order valence-electron chi connectivity index (χ3n) is 2.62. The van der Waals surface area contributed by atoms with Crippen molar-refractivity contribution in [3.05, 3.63) is 40.7 Å². The normalized spacial score (nSPS) is 10.9. The standard InChI is InChI=1S/C11H9N5O2/c1-15-4-7(3-12-15)9-5-16-10(11(18)13-9)2-8(6-17)14-16/h2-6H,1H3,(H,13,18). The zero-order valence-electron chi connectivity index (χ0n) is 9.49. The van der Waals surface area contributed by atoms with Crippen molar-refractivity contribution in [1.29, 1.82) is 0 Å². The summed E-state index contributed by atoms with van der Waals surface area (Å²) in [7, 11) is 1.79. The van der Waals surface area contributed by atoms with E-state index in [2.05, 4.69) is 15.2 Å². The quantitative estimate of drug-likeness (QED) is 0.653. The molecule has 0 saturated heterocycles. The van der Waals surface area contributed by atoms with Gasteiger partial charge in [0.1, 0.15) is 11.2 Å². The zero-order chi connectivity index (χ0) is 12.7. The Morgan fingerprint density at radius 3 is 2.89 bits per heavy atom. The van der Waals surface area contributed by atoms with Gasteiger partial charge in [-0.2, -0.15) is 10.2 Å². The van der Waals surface area contributed by atoms with Crippen LogP contribution in [0.15, 0.2) is 29.5 Å². The van der Waals surface area contributed by atoms with Crippen LogP contribution in [0.1, 0.15) is 10.5 Å². The van der Waals surface area contributed by atoms with E-state index in [1.165, 1.54) is 10.6 Å². The number of hydrogen-bond acceptors (Lipinski definition) is 4. The molecule has 0 bridgehead atoms. The van der Waals surface area contributed by atoms with Crippen molar-refractivity contribution < 1.29 is 4.79 Å². The van der Waals surface area contributed by atoms with Crippen molar-refractivity contribution in [3.8, 4) is 11.3 Å². The number of H-pyrrole nitrogens is 1. The summed E-state index contributed by atoms with van der Waals surface area (Å²) < 4.78 is 3.03. The molecule has 0 aliphatic rings. The van der Waals surface area contributed by atoms with Crippen LogP contribution in [0.25, 0.3) is 16.8 Å². The van der Waals surface area contributed by atoms with E-state index in [4.69, 9.17) is 0 Å². The Kier molecular flexibility index (Phi) is 2.12. The molecule has 0 amide bonds. The van der Waals surface area contributed by atoms with E-state index in [9.17, 15) is 9.59 Å². The van der Waals surface area contributed by atoms with Crippen LogP contribution in [0.4, 0.5) is 0 Å². The first-order valence-corrected chi connectivity index (χ1v) is 5.24. The summed E-state index contributed by atoms with van der Waals surface area (Å²) in [6, 6.07) is 1.44. The summed E-state index contributed by atoms with van der Waals surface area (Å²) >= 11 is 0. The molecule has 0 aromatic carbocycles. The number of aldehydes is 1. The van der Waals surface area contributed by atoms with Crippen molar-refractivity contribution in [3.63, 3.8) is 0 Å². The third-order valence-corrected chi connectivity index (χ3v) is 2.62. The predicted octanol–water partition coefficient (Wildman–Crippen LogP) is 0.236. The molecule has 7 nitrogen and oxygen atoms in total. The van der Waals surface area contributed by atoms with Gasteiger partial charge in [0, 0.05) is 24.9 Å². The summed E-state index contributed by atoms with van der Waals surface area (Å²) in [6.07, 6.45) is 5.68. The third kappa shape index (κ3) is 1.53. The molecule has 1 N–H and O–H groups in total. The van der Waals surface area contributed by atoms with Gasteiger partial charge in [-0.25, -0.2) is 4.52 Å². The van der Waals surface area contributed by atoms with E-state index in [1.54, 1.807) is 30.3 Å². The number of aryl methyl sites for hydroxylation is 1. The van der Waals surface area contributed by atoms with Gasteiger partial charge in [-0.05, 0) is 0 Å². The van der Waals surface area contributed by atoms with Crippen LogP contribution in [0, 0.1) is 0 Å². The minimum atomic E-state index is -0.294. The lowest BCUT2D eigenvalue weighted by Crippen LogP contribution is -2.10. The molecular weight excluding hydrogens is 234 g/mol. The van der Waals surface area contributed by atoms with E-state index in [1.807, 2.05) is 0 Å². The molecule has 0 spiro atoms. The van der Waals surface area contributed by atoms with Crippen molar-refractivity contribution in [2.45, 2.75) is 0 Å². The van der Waals surface area contributed by atoms with E-state index < -0.39 is 0 Å². The van der Waals surface area contributed by atoms with E-state index in [0.717, 1.165) is 5.56 Å². The maximum Gasteiger partial charge on any atom is 0.274 e. The highest BCUT2D eigenvalue weighted by atomic mass is 16.1. The molecule has 0 aliphatic heterocycles. The molecule has 0 radical (unpaired) electrons. The molecule has 3 rings (SSSR count). The van der Waals surface area contributed by atoms with Crippen LogP contribution >= 0.6 is 0 Å². The molecule has 0 aliphatic carbocycles. The number of nitrogens with one attached hydrogen (secondary N) is 1. The van der Waals surface area contributed by atoms with Crippen LogP contribution < -0.4 is 5.56 Å². The van der Waals surface area contributed by atoms with Gasteiger partial charge in [-0.3, -0.25) is 14.3 Å². The Balaban J connectivity index is 2.26. The summed E-state index contributed by atoms with van der Waals surface area (Å²) in [4.78, 5) is 25.2. The van der Waals surface area contributed by atoms with Crippen LogP contribution in [-0.2, 0) is 7.05 Å². The fourth-order valence-corrected chi connectivity index (χ4v) is 1.79. The Hall–Kier alpha value is -2.70. The highest BCUT2D eigenvalue weighted by Crippen LogP contribution is 2.14. The second-order valence-corrected chi connectivity index (χ2v) is 3.92. The number of carbonyl (C=O) groups excluding carboxylic acids is 1. The van der Waals surface area contributed by atoms with E-state index in [-0.39, 0.29) is 11.3 Å². The molecule has 3 heterocycles. The molecule has 0 saturated carbocycles. The molecule has 90 valence electrons. The monoisotopic (exact) mass is 243 g/mol. The Bertz CT molecular complexity index is 795. The van der Waals surface area contributed by atoms with Crippen molar-refractivity contribution in [2.24, 2.45) is 7.05 Å². The number of nitrogens with zero attached hydrogens (tertiary/aromatic N) is 4. The Labute approximate surface area is 101 Å². The molecule has 0 fully saturated rings. The lowest BCUT2D eigenvalue weighted by Gasteiger charge is -1.98. The van der Waals surface area contributed by atoms with Gasteiger partial charge in [0.05, 0.1) is 18.1 Å². The second-order valence-electron chi connectivity index (χ2n) is 3.92. The highest BCUT2D eigenvalue weighted by molar-refractivity contribution is 5.75. The number of fused-ring (bicyclic) bond motifs is 1. The van der Waals surface area contributed by atoms with E-state index in [0.29, 0.717) is 17.5 Å². The second kappa shape index (κ2) is 3.66. The molecule has 3 aromatic rings. The number of aromatic nitrogens is 5. The minimum Gasteiger partial charge on any atom is -0.319 e. The first-order chi connectivity index (χ1) is 8.67. The Morgan fingerprint density at radius 1 is 1.39 bits per heavy atom. The first-order valence-electron chi connectivity index (χ1n) is 5.24. The van der Waals surface area contributed by atoms with Crippen molar-refractivity contribution in [2.75, 3.05) is 0 Å². The lowest BCUT2D eigenvalue weighted by molar-refractivity contribution is 0.111. The fourth-order valence-electron chi connectivity index (χ4n) is 1.79. The van der Waals surface area contributed by atoms with Gasteiger partial charge in [-0.1, -0.05) is 0 Å². The number of aromatic amines is 1. The maximum absolute atomic E-state index is 11.8. The summed E-state index contributed by atoms with van der Waals surface area (Å²) in [5, 5.41) is 8.02. The lowest BCUT2D eigenvalue weighted by atomic mass is 10.3. The molecule has 3 aromatic heterocycles. The molecule has 0 unspecified atom stereocenters. The largest absolute Gasteiger partial charge is 0.319 e. The number of rotatable bonds is 2. The van der Waals surface area contributed by atoms with Gasteiger partial charge in [0.25, 0.3) is 5.56 Å². The van der Waals surface area contributed by atoms with Crippen LogP contribution in [-0.4, -0.2) is 30.7 Å². The van der Waals surface area contributed by atoms with Gasteiger partial charge in [0.15, 0.2) is 6.29 Å². The van der Waals surface area contributed by atoms with Crippen molar-refractivity contribution >= 4 is 11.8 Å². The van der Waals surface area contributed by atoms with Crippen LogP contribution in [0.5, 0.6) is 0 Å². The number of hydrogen-bond donors (Lipinski definition) is 1. The smallest absolute Gasteiger partial charge is 0.274 e. The molecule has 0 atom stereocenters. The number of carbonyl (C=O) groups is 1. The van der Waals surface area contributed by atoms with Crippen LogP contribution in [0.2, 0.25) is 0 Å². The van der Waals surface area contributed by atoms with Gasteiger partial charge in [-0.15, -0.1) is 0 Å². The van der Waals surface area contributed by atoms with Gasteiger partial charge < -0.3 is 4.98 Å². The average molecular weight is 243 g/mol. The maximum atomic E-state index is 11.8. The van der Waals surface area contributed by atoms with Gasteiger partial charge >= 0.3 is 0 Å². The molecular formula is C11H9N5O2. The molecule has 18 heavy (non-hydrogen) atoms. The van der Waals surface area contributed by atoms with E-state index >= 15 is 0 Å². The summed E-state index contributed by atoms with van der Waals surface area (Å²) in [5.41, 5.74) is 1.64. The summed E-state index contributed by atoms with van der Waals surface area (Å²) in [5.74, 6) is 0. The Morgan fingerprint density at radius 2 is 2.22 bits per heavy atom. The average Bonchev–Trinajstić information content (AvgIpc) is 2.94. The summed E-state index contributed by atoms with van der Waals surface area (Å²) in [6.45, 7) is 0. The SMILES string of the molecule is Cn1cc(-c2cn3nc(C=O)cc3c(=O)[nH]2)cn1. The molecule has 7 heteroatoms.